The molecule has 2 aromatic rings. The maximum absolute atomic E-state index is 12.5. The molecule has 1 heterocycles. The molecule has 1 aliphatic carbocycles. The average molecular weight is 341 g/mol. The van der Waals surface area contributed by atoms with E-state index in [1.54, 1.807) is 24.0 Å². The van der Waals surface area contributed by atoms with Gasteiger partial charge in [0.1, 0.15) is 5.60 Å². The maximum Gasteiger partial charge on any atom is 0.223 e. The van der Waals surface area contributed by atoms with Gasteiger partial charge in [-0.05, 0) is 44.1 Å². The highest BCUT2D eigenvalue weighted by Gasteiger charge is 2.30. The van der Waals surface area contributed by atoms with Gasteiger partial charge in [-0.25, -0.2) is 0 Å². The van der Waals surface area contributed by atoms with Gasteiger partial charge in [-0.1, -0.05) is 30.3 Å². The van der Waals surface area contributed by atoms with Crippen LogP contribution in [0, 0.1) is 5.92 Å². The summed E-state index contributed by atoms with van der Waals surface area (Å²) in [5.74, 6) is 0.657. The molecule has 1 aromatic heterocycles. The summed E-state index contributed by atoms with van der Waals surface area (Å²) in [7, 11) is 1.81. The van der Waals surface area contributed by atoms with E-state index in [1.165, 1.54) is 5.56 Å². The average Bonchev–Trinajstić information content (AvgIpc) is 3.08. The highest BCUT2D eigenvalue weighted by molar-refractivity contribution is 5.78. The molecule has 0 saturated heterocycles. The van der Waals surface area contributed by atoms with Crippen molar-refractivity contribution < 1.29 is 9.90 Å². The number of aryl methyl sites for hydroxylation is 1. The van der Waals surface area contributed by atoms with Crippen LogP contribution in [0.25, 0.3) is 0 Å². The van der Waals surface area contributed by atoms with Gasteiger partial charge in [0.15, 0.2) is 0 Å². The van der Waals surface area contributed by atoms with Crippen molar-refractivity contribution in [3.8, 4) is 0 Å². The summed E-state index contributed by atoms with van der Waals surface area (Å²) >= 11 is 0. The molecule has 1 fully saturated rings. The predicted octanol–water partition coefficient (Wildman–Crippen LogP) is 2.72. The van der Waals surface area contributed by atoms with Crippen LogP contribution in [-0.2, 0) is 17.4 Å². The summed E-state index contributed by atoms with van der Waals surface area (Å²) in [5, 5.41) is 17.6. The highest BCUT2D eigenvalue weighted by atomic mass is 16.3. The Morgan fingerprint density at radius 3 is 2.56 bits per heavy atom. The summed E-state index contributed by atoms with van der Waals surface area (Å²) < 4.78 is 1.65. The van der Waals surface area contributed by atoms with Crippen LogP contribution in [0.4, 0.5) is 0 Å². The molecule has 0 aliphatic heterocycles. The fourth-order valence-corrected chi connectivity index (χ4v) is 3.62. The first-order valence-electron chi connectivity index (χ1n) is 9.00. The minimum atomic E-state index is -1.11. The predicted molar refractivity (Wildman–Crippen MR) is 96.9 cm³/mol. The number of hydrogen-bond donors (Lipinski definition) is 2. The zero-order valence-corrected chi connectivity index (χ0v) is 15.0. The molecule has 0 radical (unpaired) electrons. The molecular formula is C20H27N3O2. The van der Waals surface area contributed by atoms with Crippen molar-refractivity contribution in [1.82, 2.24) is 15.1 Å². The number of amides is 1. The van der Waals surface area contributed by atoms with E-state index in [0.717, 1.165) is 25.7 Å². The van der Waals surface area contributed by atoms with Crippen LogP contribution in [0.5, 0.6) is 0 Å². The van der Waals surface area contributed by atoms with E-state index in [9.17, 15) is 9.90 Å². The Balaban J connectivity index is 1.50. The number of aromatic nitrogens is 2. The Labute approximate surface area is 149 Å². The van der Waals surface area contributed by atoms with Crippen molar-refractivity contribution in [3.63, 3.8) is 0 Å². The summed E-state index contributed by atoms with van der Waals surface area (Å²) in [6, 6.07) is 10.5. The number of carbonyl (C=O) groups excluding carboxylic acids is 1. The molecule has 3 rings (SSSR count). The Hall–Kier alpha value is -2.14. The summed E-state index contributed by atoms with van der Waals surface area (Å²) in [6.07, 6.45) is 7.30. The van der Waals surface area contributed by atoms with Gasteiger partial charge in [0.25, 0.3) is 0 Å². The van der Waals surface area contributed by atoms with E-state index in [2.05, 4.69) is 34.7 Å². The lowest BCUT2D eigenvalue weighted by Gasteiger charge is -2.29. The van der Waals surface area contributed by atoms with Crippen LogP contribution in [0.1, 0.15) is 49.7 Å². The normalized spacial score (nSPS) is 23.0. The van der Waals surface area contributed by atoms with Crippen LogP contribution in [-0.4, -0.2) is 27.3 Å². The van der Waals surface area contributed by atoms with Crippen LogP contribution in [0.2, 0.25) is 0 Å². The van der Waals surface area contributed by atoms with Crippen molar-refractivity contribution in [2.45, 2.75) is 44.1 Å². The fraction of sp³-hybridized carbons (Fsp3) is 0.500. The number of aliphatic hydroxyl groups is 1. The molecule has 2 N–H and O–H groups in total. The Bertz CT molecular complexity index is 701. The third-order valence-corrected chi connectivity index (χ3v) is 5.30. The molecule has 1 aliphatic rings. The molecular weight excluding hydrogens is 314 g/mol. The lowest BCUT2D eigenvalue weighted by atomic mass is 9.78. The molecule has 1 amide bonds. The Kier molecular flexibility index (Phi) is 5.23. The molecule has 5 heteroatoms. The Morgan fingerprint density at radius 1 is 1.28 bits per heavy atom. The first-order chi connectivity index (χ1) is 12.0. The SMILES string of the molecule is Cn1cc(C(C)(O)CNC(=O)C2CCC(c3ccccc3)CC2)cn1. The molecule has 25 heavy (non-hydrogen) atoms. The molecule has 0 bridgehead atoms. The van der Waals surface area contributed by atoms with E-state index < -0.39 is 5.60 Å². The summed E-state index contributed by atoms with van der Waals surface area (Å²) in [4.78, 5) is 12.5. The second kappa shape index (κ2) is 7.40. The van der Waals surface area contributed by atoms with Gasteiger partial charge in [0.05, 0.1) is 12.7 Å². The van der Waals surface area contributed by atoms with Crippen LogP contribution >= 0.6 is 0 Å². The van der Waals surface area contributed by atoms with Gasteiger partial charge in [0, 0.05) is 24.7 Å². The van der Waals surface area contributed by atoms with Crippen LogP contribution in [0.3, 0.4) is 0 Å². The van der Waals surface area contributed by atoms with Gasteiger partial charge in [0.2, 0.25) is 5.91 Å². The molecule has 1 unspecified atom stereocenters. The lowest BCUT2D eigenvalue weighted by Crippen LogP contribution is -2.41. The third-order valence-electron chi connectivity index (χ3n) is 5.30. The molecule has 1 atom stereocenters. The highest BCUT2D eigenvalue weighted by Crippen LogP contribution is 2.35. The third kappa shape index (κ3) is 4.28. The number of hydrogen-bond acceptors (Lipinski definition) is 3. The molecule has 134 valence electrons. The summed E-state index contributed by atoms with van der Waals surface area (Å²) in [5.41, 5.74) is 0.981. The maximum atomic E-state index is 12.5. The number of rotatable bonds is 5. The quantitative estimate of drug-likeness (QED) is 0.879. The first-order valence-corrected chi connectivity index (χ1v) is 9.00. The minimum Gasteiger partial charge on any atom is -0.383 e. The monoisotopic (exact) mass is 341 g/mol. The first kappa shape index (κ1) is 17.7. The number of benzene rings is 1. The van der Waals surface area contributed by atoms with Crippen molar-refractivity contribution in [1.29, 1.82) is 0 Å². The molecule has 0 spiro atoms. The van der Waals surface area contributed by atoms with E-state index in [0.29, 0.717) is 11.5 Å². The lowest BCUT2D eigenvalue weighted by molar-refractivity contribution is -0.127. The Morgan fingerprint density at radius 2 is 1.96 bits per heavy atom. The largest absolute Gasteiger partial charge is 0.383 e. The molecule has 5 nitrogen and oxygen atoms in total. The number of carbonyl (C=O) groups is 1. The van der Waals surface area contributed by atoms with Crippen molar-refractivity contribution in [2.24, 2.45) is 13.0 Å². The summed E-state index contributed by atoms with van der Waals surface area (Å²) in [6.45, 7) is 1.91. The number of nitrogens with zero attached hydrogens (tertiary/aromatic N) is 2. The molecule has 1 saturated carbocycles. The smallest absolute Gasteiger partial charge is 0.223 e. The standard InChI is InChI=1S/C20H27N3O2/c1-20(25,18-12-22-23(2)13-18)14-21-19(24)17-10-8-16(9-11-17)15-6-4-3-5-7-15/h3-7,12-13,16-17,25H,8-11,14H2,1-2H3,(H,21,24). The van der Waals surface area contributed by atoms with E-state index in [-0.39, 0.29) is 18.4 Å². The van der Waals surface area contributed by atoms with E-state index in [4.69, 9.17) is 0 Å². The minimum absolute atomic E-state index is 0.0460. The van der Waals surface area contributed by atoms with Gasteiger partial charge in [-0.3, -0.25) is 9.48 Å². The van der Waals surface area contributed by atoms with Crippen LogP contribution in [0.15, 0.2) is 42.7 Å². The van der Waals surface area contributed by atoms with Gasteiger partial charge in [-0.15, -0.1) is 0 Å². The topological polar surface area (TPSA) is 67.2 Å². The zero-order valence-electron chi connectivity index (χ0n) is 15.0. The van der Waals surface area contributed by atoms with Gasteiger partial charge < -0.3 is 10.4 Å². The van der Waals surface area contributed by atoms with Crippen molar-refractivity contribution >= 4 is 5.91 Å². The van der Waals surface area contributed by atoms with E-state index >= 15 is 0 Å². The second-order valence-corrected chi connectivity index (χ2v) is 7.35. The van der Waals surface area contributed by atoms with Gasteiger partial charge in [-0.2, -0.15) is 5.10 Å². The fourth-order valence-electron chi connectivity index (χ4n) is 3.62. The zero-order chi connectivity index (χ0) is 17.9. The van der Waals surface area contributed by atoms with Crippen LogP contribution < -0.4 is 5.32 Å². The van der Waals surface area contributed by atoms with E-state index in [1.807, 2.05) is 13.1 Å². The van der Waals surface area contributed by atoms with Gasteiger partial charge >= 0.3 is 0 Å². The molecule has 1 aromatic carbocycles. The second-order valence-electron chi connectivity index (χ2n) is 7.35. The van der Waals surface area contributed by atoms with Crippen molar-refractivity contribution in [3.05, 3.63) is 53.9 Å². The van der Waals surface area contributed by atoms with Crippen molar-refractivity contribution in [2.75, 3.05) is 6.54 Å². The number of nitrogens with one attached hydrogen (secondary N) is 1.